The van der Waals surface area contributed by atoms with Crippen LogP contribution in [0.3, 0.4) is 0 Å². The van der Waals surface area contributed by atoms with Crippen LogP contribution in [0.5, 0.6) is 17.2 Å². The molecular formula is C17H17N3O4. The molecule has 0 spiro atoms. The van der Waals surface area contributed by atoms with E-state index >= 15 is 0 Å². The summed E-state index contributed by atoms with van der Waals surface area (Å²) in [5.74, 6) is 2.73. The standard InChI is InChI=1S/C17H17N3O4/c1-21-14-8-3-11(9-15(14)22-2)17-19-16(24-20-17)10-23-13-6-4-12(18)5-7-13/h3-9H,10,18H2,1-2H3. The van der Waals surface area contributed by atoms with E-state index in [1.165, 1.54) is 0 Å². The first-order valence-corrected chi connectivity index (χ1v) is 7.23. The van der Waals surface area contributed by atoms with Crippen molar-refractivity contribution in [3.63, 3.8) is 0 Å². The quantitative estimate of drug-likeness (QED) is 0.696. The van der Waals surface area contributed by atoms with Crippen molar-refractivity contribution in [2.75, 3.05) is 20.0 Å². The summed E-state index contributed by atoms with van der Waals surface area (Å²) in [5.41, 5.74) is 7.07. The minimum atomic E-state index is 0.171. The molecule has 0 unspecified atom stereocenters. The maximum Gasteiger partial charge on any atom is 0.264 e. The summed E-state index contributed by atoms with van der Waals surface area (Å²) in [7, 11) is 3.16. The fourth-order valence-electron chi connectivity index (χ4n) is 2.12. The van der Waals surface area contributed by atoms with Gasteiger partial charge < -0.3 is 24.5 Å². The normalized spacial score (nSPS) is 10.4. The Labute approximate surface area is 139 Å². The third kappa shape index (κ3) is 3.40. The second-order valence-electron chi connectivity index (χ2n) is 4.94. The molecule has 0 aliphatic heterocycles. The van der Waals surface area contributed by atoms with E-state index in [0.29, 0.717) is 34.7 Å². The predicted molar refractivity (Wildman–Crippen MR) is 88.0 cm³/mol. The lowest BCUT2D eigenvalue weighted by molar-refractivity contribution is 0.243. The minimum Gasteiger partial charge on any atom is -0.493 e. The van der Waals surface area contributed by atoms with Crippen LogP contribution in [0.25, 0.3) is 11.4 Å². The fraction of sp³-hybridized carbons (Fsp3) is 0.176. The SMILES string of the molecule is COc1ccc(-c2noc(COc3ccc(N)cc3)n2)cc1OC. The van der Waals surface area contributed by atoms with Crippen LogP contribution in [0.2, 0.25) is 0 Å². The molecule has 3 rings (SSSR count). The summed E-state index contributed by atoms with van der Waals surface area (Å²) >= 11 is 0. The summed E-state index contributed by atoms with van der Waals surface area (Å²) < 4.78 is 21.3. The minimum absolute atomic E-state index is 0.171. The van der Waals surface area contributed by atoms with Crippen LogP contribution < -0.4 is 19.9 Å². The molecule has 124 valence electrons. The van der Waals surface area contributed by atoms with Crippen LogP contribution >= 0.6 is 0 Å². The number of anilines is 1. The monoisotopic (exact) mass is 327 g/mol. The summed E-state index contributed by atoms with van der Waals surface area (Å²) in [4.78, 5) is 4.32. The molecule has 0 aliphatic rings. The first-order chi connectivity index (χ1) is 11.7. The van der Waals surface area contributed by atoms with Gasteiger partial charge in [-0.3, -0.25) is 0 Å². The van der Waals surface area contributed by atoms with Crippen molar-refractivity contribution < 1.29 is 18.7 Å². The van der Waals surface area contributed by atoms with Gasteiger partial charge in [-0.25, -0.2) is 0 Å². The molecular weight excluding hydrogens is 310 g/mol. The molecule has 7 heteroatoms. The second-order valence-corrected chi connectivity index (χ2v) is 4.94. The largest absolute Gasteiger partial charge is 0.493 e. The number of benzene rings is 2. The highest BCUT2D eigenvalue weighted by atomic mass is 16.5. The second kappa shape index (κ2) is 6.91. The van der Waals surface area contributed by atoms with E-state index in [0.717, 1.165) is 5.56 Å². The zero-order valence-corrected chi connectivity index (χ0v) is 13.4. The highest BCUT2D eigenvalue weighted by Gasteiger charge is 2.12. The van der Waals surface area contributed by atoms with Crippen molar-refractivity contribution in [1.82, 2.24) is 10.1 Å². The van der Waals surface area contributed by atoms with E-state index in [9.17, 15) is 0 Å². The van der Waals surface area contributed by atoms with Gasteiger partial charge in [0.2, 0.25) is 5.82 Å². The Kier molecular flexibility index (Phi) is 4.51. The Hall–Kier alpha value is -3.22. The van der Waals surface area contributed by atoms with E-state index in [4.69, 9.17) is 24.5 Å². The maximum absolute atomic E-state index is 5.63. The number of methoxy groups -OCH3 is 2. The molecule has 0 saturated carbocycles. The number of nitrogens with zero attached hydrogens (tertiary/aromatic N) is 2. The predicted octanol–water partition coefficient (Wildman–Crippen LogP) is 2.92. The molecule has 2 aromatic carbocycles. The van der Waals surface area contributed by atoms with Gasteiger partial charge in [0.25, 0.3) is 5.89 Å². The van der Waals surface area contributed by atoms with Crippen LogP contribution in [0.4, 0.5) is 5.69 Å². The highest BCUT2D eigenvalue weighted by molar-refractivity contribution is 5.60. The van der Waals surface area contributed by atoms with Crippen LogP contribution in [0.1, 0.15) is 5.89 Å². The molecule has 0 amide bonds. The van der Waals surface area contributed by atoms with Gasteiger partial charge in [-0.2, -0.15) is 4.98 Å². The average molecular weight is 327 g/mol. The molecule has 3 aromatic rings. The highest BCUT2D eigenvalue weighted by Crippen LogP contribution is 2.31. The molecule has 2 N–H and O–H groups in total. The van der Waals surface area contributed by atoms with E-state index in [-0.39, 0.29) is 6.61 Å². The van der Waals surface area contributed by atoms with Gasteiger partial charge in [-0.1, -0.05) is 5.16 Å². The van der Waals surface area contributed by atoms with Gasteiger partial charge in [-0.05, 0) is 42.5 Å². The topological polar surface area (TPSA) is 92.6 Å². The van der Waals surface area contributed by atoms with Crippen molar-refractivity contribution in [3.8, 4) is 28.6 Å². The first-order valence-electron chi connectivity index (χ1n) is 7.23. The summed E-state index contributed by atoms with van der Waals surface area (Å²) in [6.45, 7) is 0.171. The number of nitrogens with two attached hydrogens (primary N) is 1. The van der Waals surface area contributed by atoms with Gasteiger partial charge >= 0.3 is 0 Å². The molecule has 7 nitrogen and oxygen atoms in total. The molecule has 0 bridgehead atoms. The van der Waals surface area contributed by atoms with Crippen molar-refractivity contribution in [2.24, 2.45) is 0 Å². The van der Waals surface area contributed by atoms with Crippen molar-refractivity contribution in [1.29, 1.82) is 0 Å². The fourth-order valence-corrected chi connectivity index (χ4v) is 2.12. The van der Waals surface area contributed by atoms with Gasteiger partial charge in [0.15, 0.2) is 18.1 Å². The number of aromatic nitrogens is 2. The molecule has 1 aromatic heterocycles. The molecule has 0 saturated heterocycles. The third-order valence-corrected chi connectivity index (χ3v) is 3.35. The number of ether oxygens (including phenoxy) is 3. The van der Waals surface area contributed by atoms with Crippen LogP contribution in [-0.2, 0) is 6.61 Å². The zero-order chi connectivity index (χ0) is 16.9. The van der Waals surface area contributed by atoms with Gasteiger partial charge in [0, 0.05) is 11.3 Å². The van der Waals surface area contributed by atoms with E-state index in [1.54, 1.807) is 50.6 Å². The van der Waals surface area contributed by atoms with Crippen molar-refractivity contribution >= 4 is 5.69 Å². The molecule has 1 heterocycles. The molecule has 0 fully saturated rings. The van der Waals surface area contributed by atoms with Crippen molar-refractivity contribution in [3.05, 3.63) is 48.4 Å². The number of rotatable bonds is 6. The van der Waals surface area contributed by atoms with E-state index < -0.39 is 0 Å². The first kappa shape index (κ1) is 15.7. The molecule has 0 radical (unpaired) electrons. The molecule has 0 atom stereocenters. The van der Waals surface area contributed by atoms with Crippen molar-refractivity contribution in [2.45, 2.75) is 6.61 Å². The summed E-state index contributed by atoms with van der Waals surface area (Å²) in [5, 5.41) is 3.96. The molecule has 24 heavy (non-hydrogen) atoms. The van der Waals surface area contributed by atoms with Gasteiger partial charge in [0.05, 0.1) is 14.2 Å². The summed E-state index contributed by atoms with van der Waals surface area (Å²) in [6, 6.07) is 12.5. The Balaban J connectivity index is 1.72. The Morgan fingerprint density at radius 3 is 2.46 bits per heavy atom. The van der Waals surface area contributed by atoms with E-state index in [2.05, 4.69) is 10.1 Å². The van der Waals surface area contributed by atoms with Crippen LogP contribution in [0.15, 0.2) is 47.0 Å². The third-order valence-electron chi connectivity index (χ3n) is 3.35. The molecule has 0 aliphatic carbocycles. The number of hydrogen-bond donors (Lipinski definition) is 1. The lowest BCUT2D eigenvalue weighted by Crippen LogP contribution is -1.96. The van der Waals surface area contributed by atoms with Gasteiger partial charge in [-0.15, -0.1) is 0 Å². The Morgan fingerprint density at radius 2 is 1.75 bits per heavy atom. The van der Waals surface area contributed by atoms with Crippen LogP contribution in [0, 0.1) is 0 Å². The maximum atomic E-state index is 5.63. The lowest BCUT2D eigenvalue weighted by Gasteiger charge is -2.07. The number of nitrogen functional groups attached to an aromatic ring is 1. The Bertz CT molecular complexity index is 815. The Morgan fingerprint density at radius 1 is 1.00 bits per heavy atom. The average Bonchev–Trinajstić information content (AvgIpc) is 3.09. The van der Waals surface area contributed by atoms with Crippen LogP contribution in [-0.4, -0.2) is 24.4 Å². The lowest BCUT2D eigenvalue weighted by atomic mass is 10.2. The zero-order valence-electron chi connectivity index (χ0n) is 13.4. The van der Waals surface area contributed by atoms with Gasteiger partial charge in [0.1, 0.15) is 5.75 Å². The number of hydrogen-bond acceptors (Lipinski definition) is 7. The summed E-state index contributed by atoms with van der Waals surface area (Å²) in [6.07, 6.45) is 0. The smallest absolute Gasteiger partial charge is 0.264 e. The van der Waals surface area contributed by atoms with E-state index in [1.807, 2.05) is 6.07 Å².